The SMILES string of the molecule is O=C(c1ccccc1-c1nn[nH]n1)N1CCc2[nH]nc(-c3ccccc3)c2C1. The third kappa shape index (κ3) is 2.75. The van der Waals surface area contributed by atoms with Crippen LogP contribution < -0.4 is 0 Å². The third-order valence-electron chi connectivity index (χ3n) is 5.01. The Balaban J connectivity index is 1.48. The van der Waals surface area contributed by atoms with Crippen LogP contribution in [-0.2, 0) is 13.0 Å². The highest BCUT2D eigenvalue weighted by atomic mass is 16.2. The first-order valence-corrected chi connectivity index (χ1v) is 9.05. The van der Waals surface area contributed by atoms with Crippen LogP contribution in [0, 0.1) is 0 Å². The molecule has 0 bridgehead atoms. The second-order valence-electron chi connectivity index (χ2n) is 6.65. The van der Waals surface area contributed by atoms with Gasteiger partial charge in [-0.05, 0) is 11.3 Å². The number of nitrogens with one attached hydrogen (secondary N) is 2. The summed E-state index contributed by atoms with van der Waals surface area (Å²) in [5, 5.41) is 21.7. The molecule has 0 radical (unpaired) electrons. The van der Waals surface area contributed by atoms with E-state index in [1.165, 1.54) is 0 Å². The van der Waals surface area contributed by atoms with Crippen molar-refractivity contribution in [3.63, 3.8) is 0 Å². The number of H-pyrrole nitrogens is 2. The molecule has 0 saturated heterocycles. The lowest BCUT2D eigenvalue weighted by molar-refractivity contribution is 0.0735. The highest BCUT2D eigenvalue weighted by molar-refractivity contribution is 6.00. The molecule has 0 atom stereocenters. The van der Waals surface area contributed by atoms with E-state index in [1.54, 1.807) is 6.07 Å². The molecule has 1 aliphatic rings. The highest BCUT2D eigenvalue weighted by Gasteiger charge is 2.28. The van der Waals surface area contributed by atoms with Gasteiger partial charge in [-0.3, -0.25) is 9.89 Å². The summed E-state index contributed by atoms with van der Waals surface area (Å²) in [7, 11) is 0. The minimum Gasteiger partial charge on any atom is -0.334 e. The number of rotatable bonds is 3. The molecule has 0 aliphatic carbocycles. The number of amides is 1. The van der Waals surface area contributed by atoms with Gasteiger partial charge < -0.3 is 4.90 Å². The molecule has 2 aromatic carbocycles. The third-order valence-corrected chi connectivity index (χ3v) is 5.01. The summed E-state index contributed by atoms with van der Waals surface area (Å²) < 4.78 is 0. The van der Waals surface area contributed by atoms with Crippen LogP contribution in [0.3, 0.4) is 0 Å². The van der Waals surface area contributed by atoms with Crippen molar-refractivity contribution in [3.8, 4) is 22.6 Å². The quantitative estimate of drug-likeness (QED) is 0.576. The van der Waals surface area contributed by atoms with Crippen molar-refractivity contribution < 1.29 is 4.79 Å². The molecule has 0 spiro atoms. The van der Waals surface area contributed by atoms with Crippen LogP contribution in [0.1, 0.15) is 21.6 Å². The fourth-order valence-corrected chi connectivity index (χ4v) is 3.61. The number of benzene rings is 2. The zero-order valence-corrected chi connectivity index (χ0v) is 15.0. The molecule has 0 fully saturated rings. The van der Waals surface area contributed by atoms with Gasteiger partial charge >= 0.3 is 0 Å². The zero-order chi connectivity index (χ0) is 18.9. The molecule has 8 nitrogen and oxygen atoms in total. The van der Waals surface area contributed by atoms with Gasteiger partial charge in [0.25, 0.3) is 5.91 Å². The number of nitrogens with zero attached hydrogens (tertiary/aromatic N) is 5. The van der Waals surface area contributed by atoms with Gasteiger partial charge in [-0.1, -0.05) is 48.5 Å². The van der Waals surface area contributed by atoms with Crippen LogP contribution in [-0.4, -0.2) is 48.2 Å². The average Bonchev–Trinajstić information content (AvgIpc) is 3.43. The maximum absolute atomic E-state index is 13.3. The van der Waals surface area contributed by atoms with Crippen molar-refractivity contribution in [1.29, 1.82) is 0 Å². The summed E-state index contributed by atoms with van der Waals surface area (Å²) in [6.45, 7) is 1.14. The Labute approximate surface area is 160 Å². The van der Waals surface area contributed by atoms with Crippen molar-refractivity contribution >= 4 is 5.91 Å². The van der Waals surface area contributed by atoms with Gasteiger partial charge in [-0.15, -0.1) is 10.2 Å². The summed E-state index contributed by atoms with van der Waals surface area (Å²) in [5.74, 6) is 0.362. The van der Waals surface area contributed by atoms with E-state index in [2.05, 4.69) is 30.8 Å². The van der Waals surface area contributed by atoms with Gasteiger partial charge in [0, 0.05) is 41.9 Å². The number of carbonyl (C=O) groups excluding carboxylic acids is 1. The van der Waals surface area contributed by atoms with Crippen molar-refractivity contribution in [2.75, 3.05) is 6.54 Å². The summed E-state index contributed by atoms with van der Waals surface area (Å²) in [5.41, 5.74) is 5.35. The van der Waals surface area contributed by atoms with E-state index in [0.29, 0.717) is 30.0 Å². The molecular formula is C20H17N7O. The van der Waals surface area contributed by atoms with E-state index in [0.717, 1.165) is 28.9 Å². The van der Waals surface area contributed by atoms with Gasteiger partial charge in [0.1, 0.15) is 0 Å². The average molecular weight is 371 g/mol. The lowest BCUT2D eigenvalue weighted by atomic mass is 9.99. The molecule has 138 valence electrons. The molecule has 2 N–H and O–H groups in total. The fraction of sp³-hybridized carbons (Fsp3) is 0.150. The lowest BCUT2D eigenvalue weighted by Gasteiger charge is -2.28. The number of fused-ring (bicyclic) bond motifs is 1. The number of aromatic amines is 2. The molecule has 0 saturated carbocycles. The number of hydrogen-bond donors (Lipinski definition) is 2. The van der Waals surface area contributed by atoms with E-state index in [-0.39, 0.29) is 5.91 Å². The minimum absolute atomic E-state index is 0.0498. The molecule has 2 aromatic heterocycles. The Morgan fingerprint density at radius 1 is 1.00 bits per heavy atom. The molecule has 1 aliphatic heterocycles. The summed E-state index contributed by atoms with van der Waals surface area (Å²) in [4.78, 5) is 15.2. The van der Waals surface area contributed by atoms with E-state index in [4.69, 9.17) is 0 Å². The molecule has 3 heterocycles. The topological polar surface area (TPSA) is 103 Å². The molecule has 8 heteroatoms. The van der Waals surface area contributed by atoms with E-state index >= 15 is 0 Å². The number of aromatic nitrogens is 6. The molecule has 4 aromatic rings. The zero-order valence-electron chi connectivity index (χ0n) is 15.0. The minimum atomic E-state index is -0.0498. The van der Waals surface area contributed by atoms with Crippen LogP contribution in [0.4, 0.5) is 0 Å². The second-order valence-corrected chi connectivity index (χ2v) is 6.65. The molecule has 5 rings (SSSR count). The largest absolute Gasteiger partial charge is 0.334 e. The van der Waals surface area contributed by atoms with Crippen molar-refractivity contribution in [3.05, 3.63) is 71.4 Å². The smallest absolute Gasteiger partial charge is 0.254 e. The standard InChI is InChI=1S/C20H17N7O/c28-20(15-9-5-4-8-14(15)19-23-25-26-24-19)27-11-10-17-16(12-27)18(22-21-17)13-6-2-1-3-7-13/h1-9H,10-12H2,(H,21,22)(H,23,24,25,26). The monoisotopic (exact) mass is 371 g/mol. The van der Waals surface area contributed by atoms with Crippen molar-refractivity contribution in [2.24, 2.45) is 0 Å². The van der Waals surface area contributed by atoms with Crippen LogP contribution in [0.5, 0.6) is 0 Å². The normalized spacial score (nSPS) is 13.4. The van der Waals surface area contributed by atoms with Crippen LogP contribution >= 0.6 is 0 Å². The molecule has 28 heavy (non-hydrogen) atoms. The van der Waals surface area contributed by atoms with Crippen LogP contribution in [0.2, 0.25) is 0 Å². The lowest BCUT2D eigenvalue weighted by Crippen LogP contribution is -2.36. The van der Waals surface area contributed by atoms with Crippen molar-refractivity contribution in [2.45, 2.75) is 13.0 Å². The molecular weight excluding hydrogens is 354 g/mol. The summed E-state index contributed by atoms with van der Waals surface area (Å²) in [6, 6.07) is 17.4. The van der Waals surface area contributed by atoms with Gasteiger partial charge in [-0.25, -0.2) is 0 Å². The van der Waals surface area contributed by atoms with Crippen LogP contribution in [0.25, 0.3) is 22.6 Å². The molecule has 0 unspecified atom stereocenters. The van der Waals surface area contributed by atoms with Gasteiger partial charge in [0.2, 0.25) is 5.82 Å². The predicted octanol–water partition coefficient (Wildman–Crippen LogP) is 2.46. The second kappa shape index (κ2) is 6.73. The Kier molecular flexibility index (Phi) is 3.93. The number of tetrazole rings is 1. The Hall–Kier alpha value is -3.81. The first-order valence-electron chi connectivity index (χ1n) is 9.05. The van der Waals surface area contributed by atoms with E-state index < -0.39 is 0 Å². The maximum Gasteiger partial charge on any atom is 0.254 e. The van der Waals surface area contributed by atoms with Gasteiger partial charge in [0.05, 0.1) is 11.3 Å². The Morgan fingerprint density at radius 2 is 1.82 bits per heavy atom. The Bertz CT molecular complexity index is 1120. The summed E-state index contributed by atoms with van der Waals surface area (Å²) in [6.07, 6.45) is 0.741. The van der Waals surface area contributed by atoms with Crippen molar-refractivity contribution in [1.82, 2.24) is 35.7 Å². The molecule has 1 amide bonds. The van der Waals surface area contributed by atoms with Gasteiger partial charge in [0.15, 0.2) is 0 Å². The van der Waals surface area contributed by atoms with Gasteiger partial charge in [-0.2, -0.15) is 10.3 Å². The predicted molar refractivity (Wildman–Crippen MR) is 102 cm³/mol. The maximum atomic E-state index is 13.3. The summed E-state index contributed by atoms with van der Waals surface area (Å²) >= 11 is 0. The van der Waals surface area contributed by atoms with Crippen LogP contribution in [0.15, 0.2) is 54.6 Å². The first kappa shape index (κ1) is 16.4. The van der Waals surface area contributed by atoms with E-state index in [9.17, 15) is 4.79 Å². The number of hydrogen-bond acceptors (Lipinski definition) is 5. The fourth-order valence-electron chi connectivity index (χ4n) is 3.61. The number of carbonyl (C=O) groups is 1. The van der Waals surface area contributed by atoms with E-state index in [1.807, 2.05) is 53.4 Å². The first-order chi connectivity index (χ1) is 13.8. The Morgan fingerprint density at radius 3 is 2.64 bits per heavy atom. The highest BCUT2D eigenvalue weighted by Crippen LogP contribution is 2.30.